The first-order valence-electron chi connectivity index (χ1n) is 18.0. The van der Waals surface area contributed by atoms with Gasteiger partial charge in [0.05, 0.1) is 12.1 Å². The normalized spacial score (nSPS) is 24.3. The van der Waals surface area contributed by atoms with Crippen molar-refractivity contribution in [2.45, 2.75) is 128 Å². The number of nitrogens with zero attached hydrogens (tertiary/aromatic N) is 2. The molecule has 1 N–H and O–H groups in total. The highest BCUT2D eigenvalue weighted by Crippen LogP contribution is 2.41. The van der Waals surface area contributed by atoms with Crippen LogP contribution < -0.4 is 10.1 Å². The first-order chi connectivity index (χ1) is 21.4. The van der Waals surface area contributed by atoms with E-state index in [0.717, 1.165) is 69.0 Å². The Hall–Kier alpha value is -2.21. The SMILES string of the molecule is CCc1ccc(C2(CCN3CCN(C4CCCCC4)CC3)CCCNC(C(=O)Cc3cccc(OC(C)C)c3)C2)cc1CC. The summed E-state index contributed by atoms with van der Waals surface area (Å²) in [5, 5.41) is 3.70. The van der Waals surface area contributed by atoms with Gasteiger partial charge in [0, 0.05) is 38.6 Å². The third-order valence-corrected chi connectivity index (χ3v) is 10.8. The Labute approximate surface area is 268 Å². The summed E-state index contributed by atoms with van der Waals surface area (Å²) in [5.74, 6) is 1.15. The molecule has 0 spiro atoms. The molecule has 2 aromatic carbocycles. The molecule has 0 radical (unpaired) electrons. The van der Waals surface area contributed by atoms with Crippen LogP contribution in [-0.4, -0.2) is 73.0 Å². The Balaban J connectivity index is 1.33. The minimum Gasteiger partial charge on any atom is -0.491 e. The van der Waals surface area contributed by atoms with Crippen LogP contribution in [0.15, 0.2) is 42.5 Å². The van der Waals surface area contributed by atoms with E-state index in [4.69, 9.17) is 4.74 Å². The molecule has 2 saturated heterocycles. The van der Waals surface area contributed by atoms with Crippen LogP contribution in [0.1, 0.15) is 108 Å². The van der Waals surface area contributed by atoms with Crippen LogP contribution in [0.4, 0.5) is 0 Å². The standard InChI is InChI=1S/C39H59N3O2/c1-5-32-16-17-34(28-33(32)6-2)39(19-21-41-22-24-42(25-23-41)35-13-8-7-9-14-35)18-11-20-40-37(29-39)38(43)27-31-12-10-15-36(26-31)44-30(3)4/h10,12,15-17,26,28,30,35,37,40H,5-9,11,13-14,18-25,27,29H2,1-4H3. The number of carbonyl (C=O) groups is 1. The summed E-state index contributed by atoms with van der Waals surface area (Å²) in [6, 6.07) is 16.1. The number of ether oxygens (including phenoxy) is 1. The fraction of sp³-hybridized carbons (Fsp3) is 0.667. The van der Waals surface area contributed by atoms with Gasteiger partial charge < -0.3 is 15.0 Å². The summed E-state index contributed by atoms with van der Waals surface area (Å²) >= 11 is 0. The smallest absolute Gasteiger partial charge is 0.154 e. The quantitative estimate of drug-likeness (QED) is 0.280. The van der Waals surface area contributed by atoms with E-state index >= 15 is 0 Å². The number of nitrogens with one attached hydrogen (secondary N) is 1. The molecule has 1 saturated carbocycles. The number of ketones is 1. The zero-order valence-corrected chi connectivity index (χ0v) is 28.2. The predicted molar refractivity (Wildman–Crippen MR) is 183 cm³/mol. The number of piperazine rings is 1. The first-order valence-corrected chi connectivity index (χ1v) is 18.0. The Morgan fingerprint density at radius 3 is 2.45 bits per heavy atom. The van der Waals surface area contributed by atoms with Gasteiger partial charge in [-0.3, -0.25) is 9.69 Å². The van der Waals surface area contributed by atoms with E-state index in [1.807, 2.05) is 32.0 Å². The zero-order valence-electron chi connectivity index (χ0n) is 28.2. The monoisotopic (exact) mass is 601 g/mol. The van der Waals surface area contributed by atoms with Crippen LogP contribution in [0.2, 0.25) is 0 Å². The molecule has 3 aliphatic rings. The van der Waals surface area contributed by atoms with Crippen LogP contribution in [0.5, 0.6) is 5.75 Å². The Morgan fingerprint density at radius 2 is 1.73 bits per heavy atom. The third-order valence-electron chi connectivity index (χ3n) is 10.8. The number of aryl methyl sites for hydroxylation is 2. The maximum Gasteiger partial charge on any atom is 0.154 e. The molecule has 5 heteroatoms. The van der Waals surface area contributed by atoms with E-state index in [0.29, 0.717) is 12.2 Å². The molecule has 0 amide bonds. The van der Waals surface area contributed by atoms with Gasteiger partial charge in [-0.1, -0.05) is 63.4 Å². The van der Waals surface area contributed by atoms with E-state index in [1.54, 1.807) is 0 Å². The van der Waals surface area contributed by atoms with Crippen molar-refractivity contribution < 1.29 is 9.53 Å². The van der Waals surface area contributed by atoms with Crippen LogP contribution in [0.25, 0.3) is 0 Å². The third kappa shape index (κ3) is 8.53. The van der Waals surface area contributed by atoms with Gasteiger partial charge in [0.1, 0.15) is 5.75 Å². The molecule has 2 aliphatic heterocycles. The van der Waals surface area contributed by atoms with Gasteiger partial charge in [0.15, 0.2) is 5.78 Å². The highest BCUT2D eigenvalue weighted by atomic mass is 16.5. The summed E-state index contributed by atoms with van der Waals surface area (Å²) in [7, 11) is 0. The van der Waals surface area contributed by atoms with E-state index in [1.165, 1.54) is 75.0 Å². The molecular weight excluding hydrogens is 542 g/mol. The number of Topliss-reactive ketones (excluding diaryl/α,β-unsaturated/α-hetero) is 1. The van der Waals surface area contributed by atoms with Crippen molar-refractivity contribution in [2.24, 2.45) is 0 Å². The Bertz CT molecular complexity index is 1200. The molecule has 2 aromatic rings. The molecular formula is C39H59N3O2. The topological polar surface area (TPSA) is 44.8 Å². The van der Waals surface area contributed by atoms with Gasteiger partial charge in [0.25, 0.3) is 0 Å². The first kappa shape index (κ1) is 33.2. The number of benzene rings is 2. The van der Waals surface area contributed by atoms with Gasteiger partial charge in [-0.05, 0) is 118 Å². The molecule has 5 nitrogen and oxygen atoms in total. The van der Waals surface area contributed by atoms with Crippen molar-refractivity contribution in [3.63, 3.8) is 0 Å². The minimum atomic E-state index is -0.133. The average molecular weight is 602 g/mol. The van der Waals surface area contributed by atoms with E-state index in [2.05, 4.69) is 53.2 Å². The van der Waals surface area contributed by atoms with Gasteiger partial charge in [-0.15, -0.1) is 0 Å². The van der Waals surface area contributed by atoms with Crippen molar-refractivity contribution in [2.75, 3.05) is 39.3 Å². The predicted octanol–water partition coefficient (Wildman–Crippen LogP) is 7.13. The van der Waals surface area contributed by atoms with Crippen molar-refractivity contribution in [3.8, 4) is 5.75 Å². The van der Waals surface area contributed by atoms with Gasteiger partial charge in [-0.25, -0.2) is 0 Å². The Morgan fingerprint density at radius 1 is 0.955 bits per heavy atom. The average Bonchev–Trinajstić information content (AvgIpc) is 3.28. The number of hydrogen-bond acceptors (Lipinski definition) is 5. The zero-order chi connectivity index (χ0) is 30.9. The fourth-order valence-corrected chi connectivity index (χ4v) is 8.25. The van der Waals surface area contributed by atoms with Crippen molar-refractivity contribution in [3.05, 3.63) is 64.7 Å². The second-order valence-electron chi connectivity index (χ2n) is 14.2. The highest BCUT2D eigenvalue weighted by molar-refractivity contribution is 5.86. The molecule has 0 aromatic heterocycles. The summed E-state index contributed by atoms with van der Waals surface area (Å²) in [4.78, 5) is 19.5. The maximum atomic E-state index is 14.0. The molecule has 5 rings (SSSR count). The molecule has 0 bridgehead atoms. The van der Waals surface area contributed by atoms with Crippen LogP contribution in [-0.2, 0) is 29.5 Å². The summed E-state index contributed by atoms with van der Waals surface area (Å²) in [5.41, 5.74) is 5.45. The second kappa shape index (κ2) is 15.9. The lowest BCUT2D eigenvalue weighted by Gasteiger charge is -2.42. The molecule has 242 valence electrons. The number of rotatable bonds is 12. The van der Waals surface area contributed by atoms with Crippen molar-refractivity contribution in [1.82, 2.24) is 15.1 Å². The molecule has 2 unspecified atom stereocenters. The molecule has 2 heterocycles. The summed E-state index contributed by atoms with van der Waals surface area (Å²) < 4.78 is 5.93. The van der Waals surface area contributed by atoms with Crippen LogP contribution >= 0.6 is 0 Å². The minimum absolute atomic E-state index is 0.00310. The lowest BCUT2D eigenvalue weighted by atomic mass is 9.69. The number of hydrogen-bond donors (Lipinski definition) is 1. The van der Waals surface area contributed by atoms with Gasteiger partial charge in [-0.2, -0.15) is 0 Å². The number of carbonyl (C=O) groups excluding carboxylic acids is 1. The van der Waals surface area contributed by atoms with Crippen molar-refractivity contribution in [1.29, 1.82) is 0 Å². The van der Waals surface area contributed by atoms with E-state index < -0.39 is 0 Å². The molecule has 2 atom stereocenters. The second-order valence-corrected chi connectivity index (χ2v) is 14.2. The summed E-state index contributed by atoms with van der Waals surface area (Å²) in [6.45, 7) is 15.4. The van der Waals surface area contributed by atoms with Crippen LogP contribution in [0, 0.1) is 0 Å². The Kier molecular flexibility index (Phi) is 12.0. The lowest BCUT2D eigenvalue weighted by molar-refractivity contribution is -0.120. The highest BCUT2D eigenvalue weighted by Gasteiger charge is 2.39. The maximum absolute atomic E-state index is 14.0. The van der Waals surface area contributed by atoms with Crippen molar-refractivity contribution >= 4 is 5.78 Å². The van der Waals surface area contributed by atoms with Crippen LogP contribution in [0.3, 0.4) is 0 Å². The largest absolute Gasteiger partial charge is 0.491 e. The molecule has 44 heavy (non-hydrogen) atoms. The van der Waals surface area contributed by atoms with E-state index in [9.17, 15) is 4.79 Å². The van der Waals surface area contributed by atoms with Gasteiger partial charge >= 0.3 is 0 Å². The lowest BCUT2D eigenvalue weighted by Crippen LogP contribution is -2.51. The van der Waals surface area contributed by atoms with Gasteiger partial charge in [0.2, 0.25) is 0 Å². The van der Waals surface area contributed by atoms with E-state index in [-0.39, 0.29) is 17.6 Å². The summed E-state index contributed by atoms with van der Waals surface area (Å²) in [6.07, 6.45) is 14.0. The fourth-order valence-electron chi connectivity index (χ4n) is 8.25. The molecule has 1 aliphatic carbocycles. The molecule has 3 fully saturated rings.